The maximum absolute atomic E-state index is 5.84. The van der Waals surface area contributed by atoms with Gasteiger partial charge in [0.1, 0.15) is 5.15 Å². The molecule has 1 aliphatic rings. The number of hydrogen-bond acceptors (Lipinski definition) is 5. The van der Waals surface area contributed by atoms with Crippen molar-refractivity contribution in [1.82, 2.24) is 24.8 Å². The second-order valence-corrected chi connectivity index (χ2v) is 6.24. The van der Waals surface area contributed by atoms with E-state index < -0.39 is 0 Å². The summed E-state index contributed by atoms with van der Waals surface area (Å²) < 4.78 is 0. The maximum atomic E-state index is 5.84. The zero-order chi connectivity index (χ0) is 16.4. The Hall–Kier alpha value is -2.37. The molecule has 0 radical (unpaired) electrons. The number of rotatable bonds is 3. The summed E-state index contributed by atoms with van der Waals surface area (Å²) in [6.07, 6.45) is 8.24. The second-order valence-electron chi connectivity index (χ2n) is 5.85. The molecule has 4 rings (SSSR count). The lowest BCUT2D eigenvalue weighted by atomic mass is 10.1. The number of aromatic nitrogens is 4. The van der Waals surface area contributed by atoms with E-state index in [9.17, 15) is 0 Å². The SMILES string of the molecule is Clc1ccc(CN2CCc3nc(-c4ccncc4)ncc3C2)cn1. The van der Waals surface area contributed by atoms with Crippen molar-refractivity contribution in [1.29, 1.82) is 0 Å². The van der Waals surface area contributed by atoms with E-state index in [-0.39, 0.29) is 0 Å². The summed E-state index contributed by atoms with van der Waals surface area (Å²) in [5.74, 6) is 0.770. The van der Waals surface area contributed by atoms with Crippen molar-refractivity contribution in [2.75, 3.05) is 6.54 Å². The molecule has 0 atom stereocenters. The lowest BCUT2D eigenvalue weighted by molar-refractivity contribution is 0.242. The van der Waals surface area contributed by atoms with E-state index >= 15 is 0 Å². The quantitative estimate of drug-likeness (QED) is 0.687. The molecule has 4 heterocycles. The summed E-state index contributed by atoms with van der Waals surface area (Å²) in [7, 11) is 0. The van der Waals surface area contributed by atoms with Crippen LogP contribution in [-0.2, 0) is 19.5 Å². The third kappa shape index (κ3) is 3.27. The Balaban J connectivity index is 1.50. The van der Waals surface area contributed by atoms with Crippen LogP contribution < -0.4 is 0 Å². The van der Waals surface area contributed by atoms with Crippen molar-refractivity contribution in [3.8, 4) is 11.4 Å². The predicted molar refractivity (Wildman–Crippen MR) is 92.3 cm³/mol. The van der Waals surface area contributed by atoms with Crippen molar-refractivity contribution in [3.05, 3.63) is 71.0 Å². The molecule has 0 saturated carbocycles. The molecule has 5 nitrogen and oxygen atoms in total. The van der Waals surface area contributed by atoms with Crippen molar-refractivity contribution < 1.29 is 0 Å². The van der Waals surface area contributed by atoms with Crippen molar-refractivity contribution in [2.45, 2.75) is 19.5 Å². The Labute approximate surface area is 145 Å². The molecule has 3 aromatic heterocycles. The number of fused-ring (bicyclic) bond motifs is 1. The molecule has 0 unspecified atom stereocenters. The first-order valence-corrected chi connectivity index (χ1v) is 8.24. The normalized spacial score (nSPS) is 14.4. The molecule has 120 valence electrons. The van der Waals surface area contributed by atoms with E-state index in [1.54, 1.807) is 12.4 Å². The fourth-order valence-electron chi connectivity index (χ4n) is 2.91. The number of hydrogen-bond donors (Lipinski definition) is 0. The highest BCUT2D eigenvalue weighted by Gasteiger charge is 2.19. The first-order chi connectivity index (χ1) is 11.8. The Morgan fingerprint density at radius 3 is 2.71 bits per heavy atom. The van der Waals surface area contributed by atoms with E-state index in [4.69, 9.17) is 16.6 Å². The average molecular weight is 338 g/mol. The third-order valence-corrected chi connectivity index (χ3v) is 4.37. The van der Waals surface area contributed by atoms with Gasteiger partial charge in [0, 0.05) is 62.0 Å². The first kappa shape index (κ1) is 15.2. The topological polar surface area (TPSA) is 54.8 Å². The smallest absolute Gasteiger partial charge is 0.159 e. The summed E-state index contributed by atoms with van der Waals surface area (Å²) in [6, 6.07) is 7.72. The van der Waals surface area contributed by atoms with E-state index in [1.807, 2.05) is 36.7 Å². The van der Waals surface area contributed by atoms with Crippen molar-refractivity contribution in [3.63, 3.8) is 0 Å². The maximum Gasteiger partial charge on any atom is 0.159 e. The lowest BCUT2D eigenvalue weighted by Gasteiger charge is -2.28. The number of pyridine rings is 2. The standard InChI is InChI=1S/C18H16ClN5/c19-17-2-1-13(9-21-17)11-24-8-5-16-15(12-24)10-22-18(23-16)14-3-6-20-7-4-14/h1-4,6-7,9-10H,5,8,11-12H2. The molecule has 0 aliphatic carbocycles. The van der Waals surface area contributed by atoms with Gasteiger partial charge in [0.25, 0.3) is 0 Å². The van der Waals surface area contributed by atoms with E-state index in [1.165, 1.54) is 5.56 Å². The minimum absolute atomic E-state index is 0.528. The van der Waals surface area contributed by atoms with Gasteiger partial charge in [0.2, 0.25) is 0 Å². The first-order valence-electron chi connectivity index (χ1n) is 7.86. The van der Waals surface area contributed by atoms with Crippen LogP contribution in [0.1, 0.15) is 16.8 Å². The van der Waals surface area contributed by atoms with Crippen LogP contribution in [0.3, 0.4) is 0 Å². The van der Waals surface area contributed by atoms with Crippen LogP contribution in [0.4, 0.5) is 0 Å². The highest BCUT2D eigenvalue weighted by molar-refractivity contribution is 6.29. The van der Waals surface area contributed by atoms with Gasteiger partial charge in [-0.1, -0.05) is 17.7 Å². The van der Waals surface area contributed by atoms with Gasteiger partial charge in [0.15, 0.2) is 5.82 Å². The van der Waals surface area contributed by atoms with Crippen LogP contribution in [0.2, 0.25) is 5.15 Å². The Kier molecular flexibility index (Phi) is 4.19. The fraction of sp³-hybridized carbons (Fsp3) is 0.222. The van der Waals surface area contributed by atoms with Gasteiger partial charge in [-0.15, -0.1) is 0 Å². The lowest BCUT2D eigenvalue weighted by Crippen LogP contribution is -2.31. The van der Waals surface area contributed by atoms with Gasteiger partial charge in [-0.25, -0.2) is 15.0 Å². The second kappa shape index (κ2) is 6.63. The molecule has 6 heteroatoms. The Morgan fingerprint density at radius 2 is 1.92 bits per heavy atom. The zero-order valence-electron chi connectivity index (χ0n) is 13.1. The summed E-state index contributed by atoms with van der Waals surface area (Å²) >= 11 is 5.84. The predicted octanol–water partition coefficient (Wildman–Crippen LogP) is 3.15. The van der Waals surface area contributed by atoms with Crippen LogP contribution in [0, 0.1) is 0 Å². The fourth-order valence-corrected chi connectivity index (χ4v) is 3.02. The van der Waals surface area contributed by atoms with Crippen LogP contribution in [0.15, 0.2) is 49.1 Å². The van der Waals surface area contributed by atoms with Gasteiger partial charge in [-0.05, 0) is 23.8 Å². The molecular formula is C18H16ClN5. The van der Waals surface area contributed by atoms with Gasteiger partial charge in [-0.3, -0.25) is 9.88 Å². The molecule has 0 bridgehead atoms. The van der Waals surface area contributed by atoms with Gasteiger partial charge in [-0.2, -0.15) is 0 Å². The minimum Gasteiger partial charge on any atom is -0.294 e. The molecule has 0 aromatic carbocycles. The Morgan fingerprint density at radius 1 is 1.04 bits per heavy atom. The number of halogens is 1. The summed E-state index contributed by atoms with van der Waals surface area (Å²) in [5, 5.41) is 0.528. The third-order valence-electron chi connectivity index (χ3n) is 4.15. The van der Waals surface area contributed by atoms with Crippen molar-refractivity contribution >= 4 is 11.6 Å². The molecule has 0 amide bonds. The summed E-state index contributed by atoms with van der Waals surface area (Å²) in [5.41, 5.74) is 4.50. The molecule has 0 N–H and O–H groups in total. The van der Waals surface area contributed by atoms with Crippen LogP contribution in [0.25, 0.3) is 11.4 Å². The van der Waals surface area contributed by atoms with Crippen LogP contribution >= 0.6 is 11.6 Å². The van der Waals surface area contributed by atoms with Gasteiger partial charge < -0.3 is 0 Å². The van der Waals surface area contributed by atoms with E-state index in [0.717, 1.165) is 48.7 Å². The molecular weight excluding hydrogens is 322 g/mol. The summed E-state index contributed by atoms with van der Waals surface area (Å²) in [4.78, 5) is 19.8. The van der Waals surface area contributed by atoms with Crippen molar-refractivity contribution in [2.24, 2.45) is 0 Å². The highest BCUT2D eigenvalue weighted by atomic mass is 35.5. The zero-order valence-corrected chi connectivity index (χ0v) is 13.8. The van der Waals surface area contributed by atoms with E-state index in [0.29, 0.717) is 5.15 Å². The molecule has 0 saturated heterocycles. The minimum atomic E-state index is 0.528. The molecule has 0 spiro atoms. The molecule has 1 aliphatic heterocycles. The monoisotopic (exact) mass is 337 g/mol. The highest BCUT2D eigenvalue weighted by Crippen LogP contribution is 2.21. The largest absolute Gasteiger partial charge is 0.294 e. The Bertz CT molecular complexity index is 836. The molecule has 3 aromatic rings. The number of nitrogens with zero attached hydrogens (tertiary/aromatic N) is 5. The van der Waals surface area contributed by atoms with Gasteiger partial charge >= 0.3 is 0 Å². The average Bonchev–Trinajstić information content (AvgIpc) is 2.64. The van der Waals surface area contributed by atoms with E-state index in [2.05, 4.69) is 19.9 Å². The van der Waals surface area contributed by atoms with Crippen LogP contribution in [-0.4, -0.2) is 31.4 Å². The molecule has 24 heavy (non-hydrogen) atoms. The summed E-state index contributed by atoms with van der Waals surface area (Å²) in [6.45, 7) is 2.69. The van der Waals surface area contributed by atoms with Gasteiger partial charge in [0.05, 0.1) is 5.69 Å². The molecule has 0 fully saturated rings. The van der Waals surface area contributed by atoms with Crippen LogP contribution in [0.5, 0.6) is 0 Å².